The van der Waals surface area contributed by atoms with Gasteiger partial charge in [-0.1, -0.05) is 11.6 Å². The topological polar surface area (TPSA) is 76.2 Å². The molecule has 0 radical (unpaired) electrons. The molecule has 0 aliphatic carbocycles. The van der Waals surface area contributed by atoms with Crippen LogP contribution in [0.1, 0.15) is 22.3 Å². The average molecular weight is 429 g/mol. The Hall–Kier alpha value is -3.06. The number of amides is 2. The fourth-order valence-electron chi connectivity index (χ4n) is 4.08. The molecule has 1 unspecified atom stereocenters. The van der Waals surface area contributed by atoms with E-state index in [0.29, 0.717) is 35.0 Å². The molecule has 1 atom stereocenters. The molecule has 7 nitrogen and oxygen atoms in total. The average Bonchev–Trinajstić information content (AvgIpc) is 3.35. The number of anilines is 2. The van der Waals surface area contributed by atoms with E-state index in [1.165, 1.54) is 14.2 Å². The summed E-state index contributed by atoms with van der Waals surface area (Å²) in [6.45, 7) is 0.782. The van der Waals surface area contributed by atoms with E-state index in [1.54, 1.807) is 46.2 Å². The molecule has 0 aromatic heterocycles. The van der Waals surface area contributed by atoms with E-state index in [9.17, 15) is 14.4 Å². The number of carbonyl (C=O) groups excluding carboxylic acids is 3. The molecule has 2 aromatic carbocycles. The Morgan fingerprint density at radius 2 is 1.90 bits per heavy atom. The minimum atomic E-state index is -0.465. The van der Waals surface area contributed by atoms with E-state index >= 15 is 0 Å². The first-order valence-corrected chi connectivity index (χ1v) is 9.97. The van der Waals surface area contributed by atoms with Crippen LogP contribution in [0.3, 0.4) is 0 Å². The highest BCUT2D eigenvalue weighted by molar-refractivity contribution is 6.31. The highest BCUT2D eigenvalue weighted by Crippen LogP contribution is 2.37. The summed E-state index contributed by atoms with van der Waals surface area (Å²) in [5.41, 5.74) is 2.72. The summed E-state index contributed by atoms with van der Waals surface area (Å²) in [7, 11) is 2.86. The van der Waals surface area contributed by atoms with Crippen molar-refractivity contribution in [3.63, 3.8) is 0 Å². The smallest absolute Gasteiger partial charge is 0.337 e. The number of esters is 1. The SMILES string of the molecule is COC(=O)c1ccc2c(c1)CCN2C(=O)C1CC(=O)N(c2cc(Cl)ccc2OC)C1. The van der Waals surface area contributed by atoms with Crippen LogP contribution in [0, 0.1) is 5.92 Å². The van der Waals surface area contributed by atoms with Crippen LogP contribution in [0.2, 0.25) is 5.02 Å². The number of halogens is 1. The first kappa shape index (κ1) is 20.2. The van der Waals surface area contributed by atoms with Crippen LogP contribution in [-0.2, 0) is 20.7 Å². The van der Waals surface area contributed by atoms with E-state index in [0.717, 1.165) is 11.3 Å². The summed E-state index contributed by atoms with van der Waals surface area (Å²) in [5, 5.41) is 0.489. The summed E-state index contributed by atoms with van der Waals surface area (Å²) < 4.78 is 10.1. The van der Waals surface area contributed by atoms with Gasteiger partial charge in [-0.15, -0.1) is 0 Å². The molecule has 1 fully saturated rings. The van der Waals surface area contributed by atoms with Gasteiger partial charge in [0.1, 0.15) is 5.75 Å². The van der Waals surface area contributed by atoms with Crippen molar-refractivity contribution in [3.05, 3.63) is 52.5 Å². The third-order valence-corrected chi connectivity index (χ3v) is 5.80. The van der Waals surface area contributed by atoms with E-state index in [4.69, 9.17) is 21.1 Å². The molecule has 2 amide bonds. The van der Waals surface area contributed by atoms with Crippen molar-refractivity contribution >= 4 is 40.8 Å². The van der Waals surface area contributed by atoms with Crippen molar-refractivity contribution in [1.82, 2.24) is 0 Å². The monoisotopic (exact) mass is 428 g/mol. The quantitative estimate of drug-likeness (QED) is 0.699. The highest BCUT2D eigenvalue weighted by Gasteiger charge is 2.40. The molecule has 1 saturated heterocycles. The number of hydrogen-bond donors (Lipinski definition) is 0. The zero-order valence-electron chi connectivity index (χ0n) is 16.7. The van der Waals surface area contributed by atoms with Crippen LogP contribution in [-0.4, -0.2) is 45.1 Å². The second-order valence-corrected chi connectivity index (χ2v) is 7.73. The lowest BCUT2D eigenvalue weighted by molar-refractivity contribution is -0.124. The summed E-state index contributed by atoms with van der Waals surface area (Å²) in [5.74, 6) is -0.587. The normalized spacial score (nSPS) is 17.8. The first-order valence-electron chi connectivity index (χ1n) is 9.59. The molecule has 2 aliphatic rings. The molecule has 0 N–H and O–H groups in total. The zero-order chi connectivity index (χ0) is 21.4. The van der Waals surface area contributed by atoms with Crippen molar-refractivity contribution in [2.24, 2.45) is 5.92 Å². The fourth-order valence-corrected chi connectivity index (χ4v) is 4.24. The third-order valence-electron chi connectivity index (χ3n) is 5.57. The van der Waals surface area contributed by atoms with Crippen molar-refractivity contribution in [3.8, 4) is 5.75 Å². The zero-order valence-corrected chi connectivity index (χ0v) is 17.4. The van der Waals surface area contributed by atoms with E-state index in [1.807, 2.05) is 0 Å². The molecule has 0 bridgehead atoms. The number of hydrogen-bond acceptors (Lipinski definition) is 5. The molecule has 2 aromatic rings. The number of fused-ring (bicyclic) bond motifs is 1. The lowest BCUT2D eigenvalue weighted by Gasteiger charge is -2.22. The molecular weight excluding hydrogens is 408 g/mol. The molecule has 0 spiro atoms. The minimum absolute atomic E-state index is 0.101. The number of ether oxygens (including phenoxy) is 2. The van der Waals surface area contributed by atoms with Crippen molar-refractivity contribution in [2.45, 2.75) is 12.8 Å². The number of rotatable bonds is 4. The number of methoxy groups -OCH3 is 2. The Kier molecular flexibility index (Phi) is 5.39. The van der Waals surface area contributed by atoms with Crippen LogP contribution < -0.4 is 14.5 Å². The Balaban J connectivity index is 1.55. The number of carbonyl (C=O) groups is 3. The predicted molar refractivity (Wildman–Crippen MR) is 112 cm³/mol. The standard InChI is InChI=1S/C22H21ClN2O5/c1-29-19-6-4-16(23)11-18(19)25-12-15(10-20(25)26)21(27)24-8-7-13-9-14(22(28)30-2)3-5-17(13)24/h3-6,9,11,15H,7-8,10,12H2,1-2H3. The maximum Gasteiger partial charge on any atom is 0.337 e. The molecule has 30 heavy (non-hydrogen) atoms. The van der Waals surface area contributed by atoms with Gasteiger partial charge in [0, 0.05) is 30.2 Å². The lowest BCUT2D eigenvalue weighted by atomic mass is 10.1. The molecular formula is C22H21ClN2O5. The maximum atomic E-state index is 13.2. The van der Waals surface area contributed by atoms with Crippen LogP contribution in [0.5, 0.6) is 5.75 Å². The van der Waals surface area contributed by atoms with Gasteiger partial charge in [-0.05, 0) is 48.4 Å². The molecule has 156 valence electrons. The van der Waals surface area contributed by atoms with Crippen LogP contribution in [0.15, 0.2) is 36.4 Å². The lowest BCUT2D eigenvalue weighted by Crippen LogP contribution is -2.36. The molecule has 0 saturated carbocycles. The van der Waals surface area contributed by atoms with Gasteiger partial charge in [0.2, 0.25) is 11.8 Å². The van der Waals surface area contributed by atoms with Crippen LogP contribution in [0.25, 0.3) is 0 Å². The van der Waals surface area contributed by atoms with Gasteiger partial charge in [0.05, 0.1) is 31.4 Å². The second-order valence-electron chi connectivity index (χ2n) is 7.30. The maximum absolute atomic E-state index is 13.2. The largest absolute Gasteiger partial charge is 0.495 e. The fraction of sp³-hybridized carbons (Fsp3) is 0.318. The summed E-state index contributed by atoms with van der Waals surface area (Å²) >= 11 is 6.10. The number of benzene rings is 2. The second kappa shape index (κ2) is 7.99. The molecule has 2 aliphatic heterocycles. The van der Waals surface area contributed by atoms with Crippen molar-refractivity contribution < 1.29 is 23.9 Å². The number of nitrogens with zero attached hydrogens (tertiary/aromatic N) is 2. The van der Waals surface area contributed by atoms with E-state index in [-0.39, 0.29) is 24.8 Å². The highest BCUT2D eigenvalue weighted by atomic mass is 35.5. The van der Waals surface area contributed by atoms with Gasteiger partial charge in [-0.3, -0.25) is 9.59 Å². The Labute approximate surface area is 179 Å². The van der Waals surface area contributed by atoms with Gasteiger partial charge in [0.15, 0.2) is 0 Å². The summed E-state index contributed by atoms with van der Waals surface area (Å²) in [4.78, 5) is 40.9. The van der Waals surface area contributed by atoms with E-state index in [2.05, 4.69) is 0 Å². The van der Waals surface area contributed by atoms with Crippen molar-refractivity contribution in [2.75, 3.05) is 37.1 Å². The molecule has 8 heteroatoms. The minimum Gasteiger partial charge on any atom is -0.495 e. The van der Waals surface area contributed by atoms with Crippen molar-refractivity contribution in [1.29, 1.82) is 0 Å². The predicted octanol–water partition coefficient (Wildman–Crippen LogP) is 3.08. The van der Waals surface area contributed by atoms with Gasteiger partial charge < -0.3 is 19.3 Å². The van der Waals surface area contributed by atoms with Crippen LogP contribution in [0.4, 0.5) is 11.4 Å². The van der Waals surface area contributed by atoms with Gasteiger partial charge in [-0.2, -0.15) is 0 Å². The molecule has 4 rings (SSSR count). The van der Waals surface area contributed by atoms with Crippen LogP contribution >= 0.6 is 11.6 Å². The Bertz CT molecular complexity index is 1040. The van der Waals surface area contributed by atoms with Gasteiger partial charge in [-0.25, -0.2) is 4.79 Å². The van der Waals surface area contributed by atoms with E-state index < -0.39 is 11.9 Å². The Morgan fingerprint density at radius 3 is 2.63 bits per heavy atom. The third kappa shape index (κ3) is 3.50. The Morgan fingerprint density at radius 1 is 1.10 bits per heavy atom. The first-order chi connectivity index (χ1) is 14.4. The molecule has 2 heterocycles. The van der Waals surface area contributed by atoms with Gasteiger partial charge in [0.25, 0.3) is 0 Å². The van der Waals surface area contributed by atoms with Gasteiger partial charge >= 0.3 is 5.97 Å². The summed E-state index contributed by atoms with van der Waals surface area (Å²) in [6, 6.07) is 10.2. The summed E-state index contributed by atoms with van der Waals surface area (Å²) in [6.07, 6.45) is 0.777.